The van der Waals surface area contributed by atoms with Gasteiger partial charge < -0.3 is 5.73 Å². The Kier molecular flexibility index (Phi) is 2.07. The van der Waals surface area contributed by atoms with Crippen LogP contribution in [0.15, 0.2) is 22.8 Å². The van der Waals surface area contributed by atoms with Crippen molar-refractivity contribution in [3.8, 4) is 0 Å². The normalized spacial score (nSPS) is 16.1. The second kappa shape index (κ2) is 3.32. The lowest BCUT2D eigenvalue weighted by Crippen LogP contribution is -1.98. The molecule has 1 aliphatic carbocycles. The zero-order valence-corrected chi connectivity index (χ0v) is 9.87. The van der Waals surface area contributed by atoms with Gasteiger partial charge in [0, 0.05) is 6.54 Å². The molecule has 2 aromatic heterocycles. The minimum atomic E-state index is 0.493. The number of nitrogens with two attached hydrogens (primary N) is 1. The van der Waals surface area contributed by atoms with Gasteiger partial charge in [-0.05, 0) is 58.5 Å². The first kappa shape index (κ1) is 9.36. The first-order valence-electron chi connectivity index (χ1n) is 5.16. The van der Waals surface area contributed by atoms with E-state index in [1.807, 2.05) is 4.52 Å². The summed E-state index contributed by atoms with van der Waals surface area (Å²) in [5.41, 5.74) is 9.06. The Labute approximate surface area is 96.4 Å². The number of halogens is 1. The van der Waals surface area contributed by atoms with Gasteiger partial charge in [-0.3, -0.25) is 0 Å². The summed E-state index contributed by atoms with van der Waals surface area (Å²) >= 11 is 3.55. The van der Waals surface area contributed by atoms with Gasteiger partial charge in [-0.15, -0.1) is 0 Å². The molecule has 0 unspecified atom stereocenters. The van der Waals surface area contributed by atoms with Crippen LogP contribution in [0, 0.1) is 0 Å². The first-order valence-corrected chi connectivity index (χ1v) is 5.95. The molecule has 2 heterocycles. The maximum absolute atomic E-state index is 5.58. The number of nitrogens with zero attached hydrogens (tertiary/aromatic N) is 2. The Hall–Kier alpha value is -0.870. The molecule has 0 aliphatic heterocycles. The Morgan fingerprint density at radius 2 is 2.20 bits per heavy atom. The van der Waals surface area contributed by atoms with Crippen LogP contribution in [0.25, 0.3) is 5.52 Å². The van der Waals surface area contributed by atoms with Gasteiger partial charge in [-0.2, -0.15) is 5.10 Å². The van der Waals surface area contributed by atoms with Crippen LogP contribution in [-0.4, -0.2) is 9.61 Å². The summed E-state index contributed by atoms with van der Waals surface area (Å²) in [5, 5.41) is 4.40. The molecule has 4 heteroatoms. The zero-order chi connectivity index (χ0) is 10.4. The topological polar surface area (TPSA) is 43.3 Å². The summed E-state index contributed by atoms with van der Waals surface area (Å²) in [4.78, 5) is 0. The highest BCUT2D eigenvalue weighted by atomic mass is 79.9. The van der Waals surface area contributed by atoms with E-state index >= 15 is 0 Å². The van der Waals surface area contributed by atoms with Crippen LogP contribution in [0.1, 0.15) is 30.0 Å². The van der Waals surface area contributed by atoms with E-state index in [-0.39, 0.29) is 0 Å². The third kappa shape index (κ3) is 1.58. The van der Waals surface area contributed by atoms with E-state index in [0.29, 0.717) is 6.54 Å². The number of pyridine rings is 1. The lowest BCUT2D eigenvalue weighted by atomic mass is 10.1. The molecule has 3 rings (SSSR count). The molecule has 1 saturated carbocycles. The zero-order valence-electron chi connectivity index (χ0n) is 8.28. The van der Waals surface area contributed by atoms with Crippen LogP contribution >= 0.6 is 15.9 Å². The van der Waals surface area contributed by atoms with E-state index in [0.717, 1.165) is 21.7 Å². The van der Waals surface area contributed by atoms with Crippen molar-refractivity contribution in [3.05, 3.63) is 34.1 Å². The van der Waals surface area contributed by atoms with Crippen LogP contribution in [0.4, 0.5) is 0 Å². The summed E-state index contributed by atoms with van der Waals surface area (Å²) in [6.45, 7) is 0.493. The minimum Gasteiger partial charge on any atom is -0.325 e. The van der Waals surface area contributed by atoms with Crippen LogP contribution in [0.3, 0.4) is 0 Å². The van der Waals surface area contributed by atoms with E-state index in [9.17, 15) is 0 Å². The predicted octanol–water partition coefficient (Wildman–Crippen LogP) is 2.43. The molecule has 0 bridgehead atoms. The smallest absolute Gasteiger partial charge is 0.108 e. The highest BCUT2D eigenvalue weighted by Gasteiger charge is 2.24. The van der Waals surface area contributed by atoms with Gasteiger partial charge in [-0.1, -0.05) is 0 Å². The molecule has 1 aliphatic rings. The Morgan fingerprint density at radius 1 is 1.40 bits per heavy atom. The van der Waals surface area contributed by atoms with Gasteiger partial charge in [0.25, 0.3) is 0 Å². The fourth-order valence-electron chi connectivity index (χ4n) is 1.88. The van der Waals surface area contributed by atoms with Gasteiger partial charge in [0.1, 0.15) is 4.60 Å². The fourth-order valence-corrected chi connectivity index (χ4v) is 2.43. The highest BCUT2D eigenvalue weighted by Crippen LogP contribution is 2.41. The highest BCUT2D eigenvalue weighted by molar-refractivity contribution is 9.10. The van der Waals surface area contributed by atoms with Gasteiger partial charge >= 0.3 is 0 Å². The number of hydrogen-bond acceptors (Lipinski definition) is 2. The van der Waals surface area contributed by atoms with Crippen molar-refractivity contribution < 1.29 is 0 Å². The SMILES string of the molecule is NCc1cc2cc(C3CC3)cc(Br)n2n1. The Balaban J connectivity index is 2.20. The summed E-state index contributed by atoms with van der Waals surface area (Å²) in [7, 11) is 0. The summed E-state index contributed by atoms with van der Waals surface area (Å²) in [6.07, 6.45) is 2.64. The molecular weight excluding hydrogens is 254 g/mol. The van der Waals surface area contributed by atoms with Crippen LogP contribution in [0.5, 0.6) is 0 Å². The van der Waals surface area contributed by atoms with Crippen molar-refractivity contribution in [1.82, 2.24) is 9.61 Å². The lowest BCUT2D eigenvalue weighted by molar-refractivity contribution is 0.864. The Bertz CT molecular complexity index is 514. The van der Waals surface area contributed by atoms with Crippen LogP contribution < -0.4 is 5.73 Å². The van der Waals surface area contributed by atoms with Crippen LogP contribution in [-0.2, 0) is 6.54 Å². The molecule has 0 saturated heterocycles. The number of rotatable bonds is 2. The van der Waals surface area contributed by atoms with Crippen molar-refractivity contribution in [3.63, 3.8) is 0 Å². The van der Waals surface area contributed by atoms with E-state index < -0.39 is 0 Å². The number of hydrogen-bond donors (Lipinski definition) is 1. The summed E-state index contributed by atoms with van der Waals surface area (Å²) < 4.78 is 2.91. The first-order chi connectivity index (χ1) is 7.28. The van der Waals surface area contributed by atoms with Gasteiger partial charge in [0.05, 0.1) is 11.2 Å². The molecule has 3 nitrogen and oxygen atoms in total. The predicted molar refractivity (Wildman–Crippen MR) is 62.8 cm³/mol. The van der Waals surface area contributed by atoms with Crippen molar-refractivity contribution in [2.24, 2.45) is 5.73 Å². The second-order valence-electron chi connectivity index (χ2n) is 4.06. The molecule has 0 aromatic carbocycles. The fraction of sp³-hybridized carbons (Fsp3) is 0.364. The molecule has 0 amide bonds. The molecule has 2 aromatic rings. The van der Waals surface area contributed by atoms with Gasteiger partial charge in [0.2, 0.25) is 0 Å². The maximum Gasteiger partial charge on any atom is 0.108 e. The summed E-state index contributed by atoms with van der Waals surface area (Å²) in [6, 6.07) is 6.43. The van der Waals surface area contributed by atoms with Gasteiger partial charge in [-0.25, -0.2) is 4.52 Å². The van der Waals surface area contributed by atoms with Crippen molar-refractivity contribution in [2.45, 2.75) is 25.3 Å². The monoisotopic (exact) mass is 265 g/mol. The summed E-state index contributed by atoms with van der Waals surface area (Å²) in [5.74, 6) is 0.766. The van der Waals surface area contributed by atoms with E-state index in [1.165, 1.54) is 18.4 Å². The number of fused-ring (bicyclic) bond motifs is 1. The standard InChI is InChI=1S/C11H12BrN3/c12-11-4-8(7-1-2-7)3-10-5-9(6-13)14-15(10)11/h3-5,7H,1-2,6,13H2. The van der Waals surface area contributed by atoms with Crippen molar-refractivity contribution >= 4 is 21.4 Å². The number of aromatic nitrogens is 2. The molecule has 0 atom stereocenters. The molecule has 15 heavy (non-hydrogen) atoms. The molecule has 0 radical (unpaired) electrons. The molecule has 1 fully saturated rings. The average Bonchev–Trinajstić information content (AvgIpc) is 2.98. The third-order valence-corrected chi connectivity index (χ3v) is 3.41. The van der Waals surface area contributed by atoms with E-state index in [4.69, 9.17) is 5.73 Å². The average molecular weight is 266 g/mol. The molecular formula is C11H12BrN3. The van der Waals surface area contributed by atoms with Gasteiger partial charge in [0.15, 0.2) is 0 Å². The largest absolute Gasteiger partial charge is 0.325 e. The Morgan fingerprint density at radius 3 is 2.87 bits per heavy atom. The quantitative estimate of drug-likeness (QED) is 0.848. The molecule has 0 spiro atoms. The molecule has 2 N–H and O–H groups in total. The van der Waals surface area contributed by atoms with Crippen LogP contribution in [0.2, 0.25) is 0 Å². The second-order valence-corrected chi connectivity index (χ2v) is 4.87. The van der Waals surface area contributed by atoms with E-state index in [2.05, 4.69) is 39.2 Å². The third-order valence-electron chi connectivity index (χ3n) is 2.85. The lowest BCUT2D eigenvalue weighted by Gasteiger charge is -2.02. The van der Waals surface area contributed by atoms with Crippen molar-refractivity contribution in [2.75, 3.05) is 0 Å². The molecule has 78 valence electrons. The van der Waals surface area contributed by atoms with E-state index in [1.54, 1.807) is 0 Å². The maximum atomic E-state index is 5.58. The minimum absolute atomic E-state index is 0.493. The van der Waals surface area contributed by atoms with Crippen molar-refractivity contribution in [1.29, 1.82) is 0 Å².